The number of carboxylic acids is 1. The van der Waals surface area contributed by atoms with E-state index in [9.17, 15) is 9.59 Å². The number of aliphatic carboxylic acids is 1. The standard InChI is InChI=1S/C12H13NO3/c1-2-8-13(9-14)11(12(15)16)10-6-4-3-5-7-10/h2-9,11H,1H3,(H,15,16). The molecular weight excluding hydrogens is 206 g/mol. The summed E-state index contributed by atoms with van der Waals surface area (Å²) in [4.78, 5) is 23.1. The van der Waals surface area contributed by atoms with Crippen LogP contribution in [0.5, 0.6) is 0 Å². The Morgan fingerprint density at radius 1 is 1.38 bits per heavy atom. The second-order valence-electron chi connectivity index (χ2n) is 3.19. The van der Waals surface area contributed by atoms with Crippen LogP contribution in [0.1, 0.15) is 18.5 Å². The maximum absolute atomic E-state index is 11.1. The smallest absolute Gasteiger partial charge is 0.331 e. The van der Waals surface area contributed by atoms with Crippen molar-refractivity contribution in [3.63, 3.8) is 0 Å². The van der Waals surface area contributed by atoms with Gasteiger partial charge in [0.25, 0.3) is 0 Å². The Labute approximate surface area is 93.8 Å². The minimum atomic E-state index is -1.06. The molecule has 16 heavy (non-hydrogen) atoms. The molecule has 0 aromatic heterocycles. The van der Waals surface area contributed by atoms with Crippen molar-refractivity contribution in [3.05, 3.63) is 48.2 Å². The number of benzene rings is 1. The Morgan fingerprint density at radius 2 is 2.00 bits per heavy atom. The third kappa shape index (κ3) is 2.70. The summed E-state index contributed by atoms with van der Waals surface area (Å²) in [5.74, 6) is -1.06. The van der Waals surface area contributed by atoms with E-state index in [4.69, 9.17) is 5.11 Å². The van der Waals surface area contributed by atoms with Gasteiger partial charge in [-0.05, 0) is 12.5 Å². The molecule has 1 aromatic rings. The van der Waals surface area contributed by atoms with E-state index in [2.05, 4.69) is 0 Å². The molecule has 4 heteroatoms. The highest BCUT2D eigenvalue weighted by Crippen LogP contribution is 2.19. The molecule has 1 unspecified atom stereocenters. The first-order valence-electron chi connectivity index (χ1n) is 4.84. The van der Waals surface area contributed by atoms with Gasteiger partial charge in [-0.2, -0.15) is 0 Å². The van der Waals surface area contributed by atoms with E-state index in [1.807, 2.05) is 0 Å². The van der Waals surface area contributed by atoms with Crippen molar-refractivity contribution in [1.29, 1.82) is 0 Å². The summed E-state index contributed by atoms with van der Waals surface area (Å²) < 4.78 is 0. The second-order valence-corrected chi connectivity index (χ2v) is 3.19. The average Bonchev–Trinajstić information content (AvgIpc) is 2.29. The summed E-state index contributed by atoms with van der Waals surface area (Å²) in [6.45, 7) is 1.72. The highest BCUT2D eigenvalue weighted by atomic mass is 16.4. The molecule has 0 saturated heterocycles. The molecular formula is C12H13NO3. The van der Waals surface area contributed by atoms with Gasteiger partial charge in [0.1, 0.15) is 0 Å². The van der Waals surface area contributed by atoms with Crippen LogP contribution < -0.4 is 0 Å². The van der Waals surface area contributed by atoms with Crippen LogP contribution in [0, 0.1) is 0 Å². The van der Waals surface area contributed by atoms with Gasteiger partial charge in [0, 0.05) is 6.20 Å². The topological polar surface area (TPSA) is 57.6 Å². The Balaban J connectivity index is 3.08. The highest BCUT2D eigenvalue weighted by molar-refractivity contribution is 5.78. The third-order valence-corrected chi connectivity index (χ3v) is 2.09. The number of amides is 1. The summed E-state index contributed by atoms with van der Waals surface area (Å²) >= 11 is 0. The molecule has 0 heterocycles. The summed E-state index contributed by atoms with van der Waals surface area (Å²) in [5.41, 5.74) is 0.570. The van der Waals surface area contributed by atoms with Crippen molar-refractivity contribution >= 4 is 12.4 Å². The number of hydrogen-bond donors (Lipinski definition) is 1. The average molecular weight is 219 g/mol. The number of nitrogens with zero attached hydrogens (tertiary/aromatic N) is 1. The predicted octanol–water partition coefficient (Wildman–Crippen LogP) is 1.80. The van der Waals surface area contributed by atoms with Gasteiger partial charge in [-0.15, -0.1) is 0 Å². The minimum Gasteiger partial charge on any atom is -0.479 e. The molecule has 4 nitrogen and oxygen atoms in total. The molecule has 1 atom stereocenters. The largest absolute Gasteiger partial charge is 0.479 e. The van der Waals surface area contributed by atoms with E-state index in [1.54, 1.807) is 43.3 Å². The van der Waals surface area contributed by atoms with Crippen molar-refractivity contribution in [3.8, 4) is 0 Å². The number of hydrogen-bond acceptors (Lipinski definition) is 2. The van der Waals surface area contributed by atoms with Crippen molar-refractivity contribution in [2.45, 2.75) is 13.0 Å². The first kappa shape index (κ1) is 12.0. The summed E-state index contributed by atoms with van der Waals surface area (Å²) in [5, 5.41) is 9.12. The maximum Gasteiger partial charge on any atom is 0.331 e. The minimum absolute atomic E-state index is 0.506. The molecule has 84 valence electrons. The van der Waals surface area contributed by atoms with Gasteiger partial charge in [0.05, 0.1) is 0 Å². The number of carbonyl (C=O) groups excluding carboxylic acids is 1. The Kier molecular flexibility index (Phi) is 4.27. The molecule has 1 aromatic carbocycles. The zero-order chi connectivity index (χ0) is 12.0. The van der Waals surface area contributed by atoms with E-state index >= 15 is 0 Å². The van der Waals surface area contributed by atoms with E-state index in [-0.39, 0.29) is 0 Å². The lowest BCUT2D eigenvalue weighted by molar-refractivity contribution is -0.145. The fraction of sp³-hybridized carbons (Fsp3) is 0.167. The van der Waals surface area contributed by atoms with Crippen molar-refractivity contribution in [1.82, 2.24) is 4.90 Å². The van der Waals surface area contributed by atoms with Gasteiger partial charge in [0.2, 0.25) is 6.41 Å². The molecule has 1 N–H and O–H groups in total. The molecule has 0 aliphatic rings. The third-order valence-electron chi connectivity index (χ3n) is 2.09. The molecule has 1 amide bonds. The highest BCUT2D eigenvalue weighted by Gasteiger charge is 2.24. The van der Waals surface area contributed by atoms with E-state index < -0.39 is 12.0 Å². The fourth-order valence-corrected chi connectivity index (χ4v) is 1.43. The van der Waals surface area contributed by atoms with Crippen molar-refractivity contribution in [2.24, 2.45) is 0 Å². The Hall–Kier alpha value is -2.10. The molecule has 0 fully saturated rings. The van der Waals surface area contributed by atoms with Crippen LogP contribution in [0.15, 0.2) is 42.6 Å². The molecule has 0 spiro atoms. The summed E-state index contributed by atoms with van der Waals surface area (Å²) in [6.07, 6.45) is 3.57. The molecule has 0 bridgehead atoms. The van der Waals surface area contributed by atoms with Crippen LogP contribution >= 0.6 is 0 Å². The Bertz CT molecular complexity index is 387. The van der Waals surface area contributed by atoms with Crippen LogP contribution in [-0.2, 0) is 9.59 Å². The SMILES string of the molecule is CC=CN(C=O)C(C(=O)O)c1ccccc1. The van der Waals surface area contributed by atoms with E-state index in [0.29, 0.717) is 12.0 Å². The van der Waals surface area contributed by atoms with Gasteiger partial charge < -0.3 is 10.0 Å². The van der Waals surface area contributed by atoms with Crippen LogP contribution in [0.3, 0.4) is 0 Å². The van der Waals surface area contributed by atoms with Gasteiger partial charge >= 0.3 is 5.97 Å². The number of allylic oxidation sites excluding steroid dienone is 1. The normalized spacial score (nSPS) is 12.3. The van der Waals surface area contributed by atoms with Crippen LogP contribution in [0.4, 0.5) is 0 Å². The molecule has 0 aliphatic carbocycles. The lowest BCUT2D eigenvalue weighted by Crippen LogP contribution is -2.28. The van der Waals surface area contributed by atoms with Gasteiger partial charge in [-0.25, -0.2) is 4.79 Å². The summed E-state index contributed by atoms with van der Waals surface area (Å²) in [6, 6.07) is 7.66. The zero-order valence-corrected chi connectivity index (χ0v) is 8.91. The predicted molar refractivity (Wildman–Crippen MR) is 59.5 cm³/mol. The number of carboxylic acid groups (broad SMARTS) is 1. The van der Waals surface area contributed by atoms with Crippen LogP contribution in [0.2, 0.25) is 0 Å². The lowest BCUT2D eigenvalue weighted by Gasteiger charge is -2.21. The molecule has 0 radical (unpaired) electrons. The van der Waals surface area contributed by atoms with Gasteiger partial charge in [0.15, 0.2) is 6.04 Å². The van der Waals surface area contributed by atoms with Gasteiger partial charge in [-0.3, -0.25) is 4.79 Å². The number of rotatable bonds is 5. The van der Waals surface area contributed by atoms with E-state index in [0.717, 1.165) is 4.90 Å². The van der Waals surface area contributed by atoms with Crippen LogP contribution in [-0.4, -0.2) is 22.4 Å². The quantitative estimate of drug-likeness (QED) is 0.768. The fourth-order valence-electron chi connectivity index (χ4n) is 1.43. The first-order chi connectivity index (χ1) is 7.70. The molecule has 1 rings (SSSR count). The maximum atomic E-state index is 11.1. The van der Waals surface area contributed by atoms with Crippen molar-refractivity contribution < 1.29 is 14.7 Å². The monoisotopic (exact) mass is 219 g/mol. The molecule has 0 saturated carbocycles. The van der Waals surface area contributed by atoms with Crippen molar-refractivity contribution in [2.75, 3.05) is 0 Å². The summed E-state index contributed by atoms with van der Waals surface area (Å²) in [7, 11) is 0. The Morgan fingerprint density at radius 3 is 2.44 bits per heavy atom. The lowest BCUT2D eigenvalue weighted by atomic mass is 10.1. The number of carbonyl (C=O) groups is 2. The zero-order valence-electron chi connectivity index (χ0n) is 8.91. The second kappa shape index (κ2) is 5.70. The van der Waals surface area contributed by atoms with Gasteiger partial charge in [-0.1, -0.05) is 36.4 Å². The first-order valence-corrected chi connectivity index (χ1v) is 4.84. The van der Waals surface area contributed by atoms with E-state index in [1.165, 1.54) is 6.20 Å². The van der Waals surface area contributed by atoms with Crippen LogP contribution in [0.25, 0.3) is 0 Å². The molecule has 0 aliphatic heterocycles.